The van der Waals surface area contributed by atoms with Gasteiger partial charge in [-0.25, -0.2) is 9.07 Å². The van der Waals surface area contributed by atoms with Crippen LogP contribution in [0, 0.1) is 10.6 Å². The van der Waals surface area contributed by atoms with Crippen molar-refractivity contribution < 1.29 is 4.39 Å². The first-order valence-electron chi connectivity index (χ1n) is 6.25. The lowest BCUT2D eigenvalue weighted by Gasteiger charge is -2.09. The molecule has 0 aliphatic heterocycles. The Labute approximate surface area is 135 Å². The number of aromatic nitrogens is 4. The third-order valence-corrected chi connectivity index (χ3v) is 4.14. The zero-order valence-electron chi connectivity index (χ0n) is 11.2. The van der Waals surface area contributed by atoms with Crippen LogP contribution in [0.1, 0.15) is 12.6 Å². The average Bonchev–Trinajstić information content (AvgIpc) is 2.87. The number of hydrogen-bond acceptors (Lipinski definition) is 2. The van der Waals surface area contributed by atoms with Gasteiger partial charge in [-0.1, -0.05) is 30.1 Å². The Morgan fingerprint density at radius 3 is 2.52 bits per heavy atom. The molecule has 21 heavy (non-hydrogen) atoms. The molecule has 0 unspecified atom stereocenters. The van der Waals surface area contributed by atoms with Gasteiger partial charge in [-0.3, -0.25) is 4.57 Å². The van der Waals surface area contributed by atoms with Crippen LogP contribution in [0.2, 0.25) is 10.0 Å². The number of nitrogens with one attached hydrogen (secondary N) is 1. The molecule has 4 nitrogen and oxygen atoms in total. The fourth-order valence-electron chi connectivity index (χ4n) is 2.42. The van der Waals surface area contributed by atoms with Gasteiger partial charge in [0, 0.05) is 7.05 Å². The number of H-pyrrole nitrogens is 1. The van der Waals surface area contributed by atoms with Gasteiger partial charge in [-0.2, -0.15) is 5.10 Å². The van der Waals surface area contributed by atoms with E-state index in [0.717, 1.165) is 23.3 Å². The predicted octanol–water partition coefficient (Wildman–Crippen LogP) is 4.43. The topological polar surface area (TPSA) is 38.5 Å². The number of rotatable bonds is 2. The molecule has 3 aromatic rings. The highest BCUT2D eigenvalue weighted by Crippen LogP contribution is 2.33. The molecule has 0 amide bonds. The molecule has 0 fully saturated rings. The summed E-state index contributed by atoms with van der Waals surface area (Å²) < 4.78 is 17.2. The normalized spacial score (nSPS) is 11.5. The summed E-state index contributed by atoms with van der Waals surface area (Å²) in [5.41, 5.74) is 2.92. The van der Waals surface area contributed by atoms with Gasteiger partial charge in [0.2, 0.25) is 0 Å². The summed E-state index contributed by atoms with van der Waals surface area (Å²) in [6.07, 6.45) is 0.761. The maximum Gasteiger partial charge on any atom is 0.184 e. The molecular weight excluding hydrogens is 334 g/mol. The van der Waals surface area contributed by atoms with E-state index in [1.807, 2.05) is 14.0 Å². The number of halogens is 3. The van der Waals surface area contributed by atoms with Gasteiger partial charge >= 0.3 is 0 Å². The molecule has 1 aromatic carbocycles. The number of aromatic amines is 1. The zero-order chi connectivity index (χ0) is 15.3. The van der Waals surface area contributed by atoms with Crippen LogP contribution in [-0.4, -0.2) is 19.3 Å². The quantitative estimate of drug-likeness (QED) is 0.698. The van der Waals surface area contributed by atoms with Crippen molar-refractivity contribution in [2.24, 2.45) is 7.05 Å². The summed E-state index contributed by atoms with van der Waals surface area (Å²) in [6.45, 7) is 2.01. The lowest BCUT2D eigenvalue weighted by atomic mass is 10.3. The van der Waals surface area contributed by atoms with Crippen molar-refractivity contribution in [3.63, 3.8) is 0 Å². The van der Waals surface area contributed by atoms with Gasteiger partial charge in [-0.05, 0) is 30.8 Å². The lowest BCUT2D eigenvalue weighted by Crippen LogP contribution is -2.02. The van der Waals surface area contributed by atoms with E-state index >= 15 is 0 Å². The van der Waals surface area contributed by atoms with Crippen molar-refractivity contribution in [3.8, 4) is 5.69 Å². The number of aryl methyl sites for hydroxylation is 2. The molecule has 0 saturated heterocycles. The predicted molar refractivity (Wildman–Crippen MR) is 84.6 cm³/mol. The molecule has 8 heteroatoms. The number of nitrogens with zero attached hydrogens (tertiary/aromatic N) is 3. The fourth-order valence-corrected chi connectivity index (χ4v) is 3.33. The summed E-state index contributed by atoms with van der Waals surface area (Å²) in [7, 11) is 1.81. The number of imidazole rings is 1. The van der Waals surface area contributed by atoms with E-state index in [1.54, 1.807) is 9.25 Å². The fraction of sp³-hybridized carbons (Fsp3) is 0.231. The van der Waals surface area contributed by atoms with Crippen molar-refractivity contribution in [1.29, 1.82) is 0 Å². The van der Waals surface area contributed by atoms with E-state index in [-0.39, 0.29) is 10.0 Å². The Morgan fingerprint density at radius 2 is 1.95 bits per heavy atom. The molecule has 0 aliphatic carbocycles. The van der Waals surface area contributed by atoms with Gasteiger partial charge in [0.05, 0.1) is 21.4 Å². The van der Waals surface area contributed by atoms with Gasteiger partial charge in [0.15, 0.2) is 10.4 Å². The third kappa shape index (κ3) is 2.18. The second-order valence-electron chi connectivity index (χ2n) is 4.61. The molecule has 0 radical (unpaired) electrons. The van der Waals surface area contributed by atoms with Crippen molar-refractivity contribution in [1.82, 2.24) is 19.3 Å². The Bertz CT molecular complexity index is 886. The Hall–Kier alpha value is -1.37. The van der Waals surface area contributed by atoms with Crippen LogP contribution in [0.4, 0.5) is 4.39 Å². The zero-order valence-corrected chi connectivity index (χ0v) is 13.6. The molecule has 1 N–H and O–H groups in total. The van der Waals surface area contributed by atoms with E-state index in [2.05, 4.69) is 10.1 Å². The number of benzene rings is 1. The molecule has 2 aromatic heterocycles. The van der Waals surface area contributed by atoms with Crippen LogP contribution in [-0.2, 0) is 13.5 Å². The summed E-state index contributed by atoms with van der Waals surface area (Å²) in [5, 5.41) is 4.81. The average molecular weight is 345 g/mol. The van der Waals surface area contributed by atoms with Gasteiger partial charge in [-0.15, -0.1) is 0 Å². The summed E-state index contributed by atoms with van der Waals surface area (Å²) in [4.78, 5) is 3.12. The molecule has 0 saturated carbocycles. The van der Waals surface area contributed by atoms with Gasteiger partial charge in [0.25, 0.3) is 0 Å². The minimum atomic E-state index is -0.494. The van der Waals surface area contributed by atoms with Crippen molar-refractivity contribution >= 4 is 46.6 Å². The smallest absolute Gasteiger partial charge is 0.184 e. The second-order valence-corrected chi connectivity index (χ2v) is 5.81. The molecule has 0 spiro atoms. The first-order valence-corrected chi connectivity index (χ1v) is 7.42. The summed E-state index contributed by atoms with van der Waals surface area (Å²) in [5.74, 6) is -0.494. The highest BCUT2D eigenvalue weighted by Gasteiger charge is 2.19. The maximum atomic E-state index is 13.4. The minimum absolute atomic E-state index is 0.191. The van der Waals surface area contributed by atoms with Crippen LogP contribution in [0.5, 0.6) is 0 Å². The molecule has 0 atom stereocenters. The molecule has 110 valence electrons. The first kappa shape index (κ1) is 14.6. The van der Waals surface area contributed by atoms with Crippen molar-refractivity contribution in [2.75, 3.05) is 0 Å². The van der Waals surface area contributed by atoms with Gasteiger partial charge < -0.3 is 4.98 Å². The van der Waals surface area contributed by atoms with E-state index in [9.17, 15) is 4.39 Å². The minimum Gasteiger partial charge on any atom is -0.327 e. The SMILES string of the molecule is CCc1nn(C)c2c1[nH]c(=S)n2-c1c(Cl)cc(F)cc1Cl. The van der Waals surface area contributed by atoms with E-state index in [0.29, 0.717) is 10.5 Å². The highest BCUT2D eigenvalue weighted by atomic mass is 35.5. The Morgan fingerprint density at radius 1 is 1.33 bits per heavy atom. The second kappa shape index (κ2) is 5.12. The molecule has 0 bridgehead atoms. The number of fused-ring (bicyclic) bond motifs is 1. The molecule has 0 aliphatic rings. The molecular formula is C13H11Cl2FN4S. The van der Waals surface area contributed by atoms with Crippen LogP contribution in [0.3, 0.4) is 0 Å². The third-order valence-electron chi connectivity index (χ3n) is 3.28. The van der Waals surface area contributed by atoms with Crippen molar-refractivity contribution in [2.45, 2.75) is 13.3 Å². The number of hydrogen-bond donors (Lipinski definition) is 1. The Balaban J connectivity index is 2.44. The van der Waals surface area contributed by atoms with Gasteiger partial charge in [0.1, 0.15) is 11.3 Å². The lowest BCUT2D eigenvalue weighted by molar-refractivity contribution is 0.627. The largest absolute Gasteiger partial charge is 0.327 e. The maximum absolute atomic E-state index is 13.4. The van der Waals surface area contributed by atoms with E-state index in [4.69, 9.17) is 35.4 Å². The highest BCUT2D eigenvalue weighted by molar-refractivity contribution is 7.71. The monoisotopic (exact) mass is 344 g/mol. The molecule has 3 rings (SSSR count). The van der Waals surface area contributed by atoms with E-state index in [1.165, 1.54) is 12.1 Å². The summed E-state index contributed by atoms with van der Waals surface area (Å²) in [6, 6.07) is 2.42. The van der Waals surface area contributed by atoms with Crippen LogP contribution >= 0.6 is 35.4 Å². The van der Waals surface area contributed by atoms with E-state index < -0.39 is 5.82 Å². The van der Waals surface area contributed by atoms with Crippen LogP contribution in [0.25, 0.3) is 16.9 Å². The summed E-state index contributed by atoms with van der Waals surface area (Å²) >= 11 is 17.7. The standard InChI is InChI=1S/C13H11Cl2FN4S/c1-3-9-10-12(19(2)18-9)20(13(21)17-10)11-7(14)4-6(16)5-8(11)15/h4-5H,3H2,1-2H3,(H,17,21). The first-order chi connectivity index (χ1) is 9.93. The van der Waals surface area contributed by atoms with Crippen molar-refractivity contribution in [3.05, 3.63) is 38.5 Å². The Kier molecular flexibility index (Phi) is 3.55. The molecule has 2 heterocycles. The van der Waals surface area contributed by atoms with Crippen LogP contribution in [0.15, 0.2) is 12.1 Å². The van der Waals surface area contributed by atoms with Crippen LogP contribution < -0.4 is 0 Å².